The van der Waals surface area contributed by atoms with Gasteiger partial charge in [0.2, 0.25) is 0 Å². The van der Waals surface area contributed by atoms with Crippen molar-refractivity contribution >= 4 is 33.6 Å². The summed E-state index contributed by atoms with van der Waals surface area (Å²) in [5.41, 5.74) is 15.5. The third kappa shape index (κ3) is 8.77. The van der Waals surface area contributed by atoms with Crippen LogP contribution in [0.1, 0.15) is 28.7 Å². The number of aromatic nitrogens is 7. The van der Waals surface area contributed by atoms with Crippen LogP contribution in [-0.2, 0) is 29.0 Å². The zero-order valence-electron chi connectivity index (χ0n) is 33.9. The van der Waals surface area contributed by atoms with Crippen LogP contribution in [0.4, 0.5) is 11.5 Å². The molecule has 9 rings (SSSR count). The minimum atomic E-state index is 0.629. The highest BCUT2D eigenvalue weighted by Gasteiger charge is 2.19. The van der Waals surface area contributed by atoms with Crippen molar-refractivity contribution in [3.63, 3.8) is 0 Å². The number of hydrogen-bond acceptors (Lipinski definition) is 13. The fraction of sp³-hybridized carbons (Fsp3) is 0.419. The van der Waals surface area contributed by atoms with Crippen LogP contribution < -0.4 is 11.1 Å². The van der Waals surface area contributed by atoms with E-state index in [4.69, 9.17) is 34.2 Å². The molecule has 0 amide bonds. The third-order valence-corrected chi connectivity index (χ3v) is 11.0. The van der Waals surface area contributed by atoms with Crippen LogP contribution in [0, 0.1) is 27.7 Å². The molecule has 0 unspecified atom stereocenters. The molecule has 0 spiro atoms. The molecule has 304 valence electrons. The Morgan fingerprint density at radius 2 is 1.36 bits per heavy atom. The molecule has 1 aromatic carbocycles. The average molecular weight is 788 g/mol. The van der Waals surface area contributed by atoms with E-state index in [1.165, 1.54) is 10.9 Å². The van der Waals surface area contributed by atoms with Crippen LogP contribution in [0.2, 0.25) is 0 Å². The maximum absolute atomic E-state index is 6.14. The molecule has 0 atom stereocenters. The van der Waals surface area contributed by atoms with Crippen LogP contribution in [0.3, 0.4) is 0 Å². The first-order chi connectivity index (χ1) is 28.3. The van der Waals surface area contributed by atoms with Crippen LogP contribution in [-0.4, -0.2) is 116 Å². The lowest BCUT2D eigenvalue weighted by Crippen LogP contribution is -2.39. The van der Waals surface area contributed by atoms with Crippen LogP contribution in [0.15, 0.2) is 70.1 Å². The molecule has 15 nitrogen and oxygen atoms in total. The van der Waals surface area contributed by atoms with E-state index in [0.717, 1.165) is 154 Å². The summed E-state index contributed by atoms with van der Waals surface area (Å²) in [6.07, 6.45) is 6.73. The summed E-state index contributed by atoms with van der Waals surface area (Å²) in [6.45, 7) is 19.3. The highest BCUT2D eigenvalue weighted by Crippen LogP contribution is 2.31. The lowest BCUT2D eigenvalue weighted by Gasteiger charge is -2.26. The number of hydrogen-bond donors (Lipinski definition) is 2. The number of anilines is 2. The standard InChI is InChI=1S/C27H30N6O2.C16H23N5O2/c1-19-26(20(2)35-30-19)22-17-23-27(28-18-22)33(12-11-31-13-15-34-16-14-31)25(29-23)8-10-32-9-7-21-5-3-4-6-24(21)32;1-11-15(12(2)23-20-11)13-9-14(17)16(19-10-13)18-3-4-21-5-7-22-8-6-21/h3-7,9,17-18H,8,10-16H2,1-2H3;9-10H,3-8,17H2,1-2H3,(H,18,19). The van der Waals surface area contributed by atoms with Gasteiger partial charge in [-0.3, -0.25) is 9.80 Å². The number of benzene rings is 1. The van der Waals surface area contributed by atoms with Gasteiger partial charge < -0.3 is 38.7 Å². The van der Waals surface area contributed by atoms with Gasteiger partial charge in [0.05, 0.1) is 43.5 Å². The first kappa shape index (κ1) is 39.2. The Kier molecular flexibility index (Phi) is 12.1. The monoisotopic (exact) mass is 787 g/mol. The summed E-state index contributed by atoms with van der Waals surface area (Å²) in [5.74, 6) is 3.36. The Bertz CT molecular complexity index is 2410. The predicted octanol–water partition coefficient (Wildman–Crippen LogP) is 5.91. The molecule has 15 heteroatoms. The molecular weight excluding hydrogens is 735 g/mol. The maximum atomic E-state index is 6.14. The lowest BCUT2D eigenvalue weighted by molar-refractivity contribution is 0.0364. The Labute approximate surface area is 338 Å². The van der Waals surface area contributed by atoms with E-state index in [-0.39, 0.29) is 0 Å². The van der Waals surface area contributed by atoms with Crippen molar-refractivity contribution in [2.24, 2.45) is 0 Å². The Hall–Kier alpha value is -5.61. The Balaban J connectivity index is 0.000000177. The number of nitrogen functional groups attached to an aromatic ring is 1. The number of nitrogens with zero attached hydrogens (tertiary/aromatic N) is 9. The molecule has 7 aromatic rings. The molecule has 2 aliphatic rings. The lowest BCUT2D eigenvalue weighted by atomic mass is 10.1. The molecule has 2 aliphatic heterocycles. The number of fused-ring (bicyclic) bond motifs is 2. The molecule has 8 heterocycles. The maximum Gasteiger partial charge on any atom is 0.160 e. The van der Waals surface area contributed by atoms with Gasteiger partial charge in [0.25, 0.3) is 0 Å². The normalized spacial score (nSPS) is 15.2. The summed E-state index contributed by atoms with van der Waals surface area (Å²) >= 11 is 0. The van der Waals surface area contributed by atoms with Gasteiger partial charge >= 0.3 is 0 Å². The molecule has 0 bridgehead atoms. The summed E-state index contributed by atoms with van der Waals surface area (Å²) in [7, 11) is 0. The summed E-state index contributed by atoms with van der Waals surface area (Å²) < 4.78 is 26.1. The zero-order chi connectivity index (χ0) is 40.0. The predicted molar refractivity (Wildman–Crippen MR) is 225 cm³/mol. The molecule has 0 aliphatic carbocycles. The van der Waals surface area contributed by atoms with E-state index in [9.17, 15) is 0 Å². The molecule has 0 saturated carbocycles. The van der Waals surface area contributed by atoms with Gasteiger partial charge in [-0.1, -0.05) is 28.5 Å². The molecule has 0 radical (unpaired) electrons. The molecule has 2 saturated heterocycles. The second-order valence-electron chi connectivity index (χ2n) is 15.0. The molecule has 2 fully saturated rings. The second kappa shape index (κ2) is 17.9. The second-order valence-corrected chi connectivity index (χ2v) is 15.0. The van der Waals surface area contributed by atoms with Gasteiger partial charge in [-0.15, -0.1) is 0 Å². The largest absolute Gasteiger partial charge is 0.396 e. The van der Waals surface area contributed by atoms with Gasteiger partial charge in [-0.05, 0) is 57.3 Å². The van der Waals surface area contributed by atoms with Crippen LogP contribution in [0.5, 0.6) is 0 Å². The molecule has 3 N–H and O–H groups in total. The quantitative estimate of drug-likeness (QED) is 0.150. The number of ether oxygens (including phenoxy) is 2. The third-order valence-electron chi connectivity index (χ3n) is 11.0. The van der Waals surface area contributed by atoms with Gasteiger partial charge in [-0.2, -0.15) is 0 Å². The van der Waals surface area contributed by atoms with Crippen molar-refractivity contribution in [1.29, 1.82) is 0 Å². The van der Waals surface area contributed by atoms with Crippen molar-refractivity contribution in [3.8, 4) is 22.3 Å². The van der Waals surface area contributed by atoms with Crippen LogP contribution in [0.25, 0.3) is 44.3 Å². The Morgan fingerprint density at radius 3 is 2.02 bits per heavy atom. The van der Waals surface area contributed by atoms with Crippen molar-refractivity contribution in [2.45, 2.75) is 47.2 Å². The van der Waals surface area contributed by atoms with Gasteiger partial charge in [0.15, 0.2) is 5.65 Å². The van der Waals surface area contributed by atoms with Crippen molar-refractivity contribution in [2.75, 3.05) is 83.3 Å². The van der Waals surface area contributed by atoms with Crippen molar-refractivity contribution in [3.05, 3.63) is 89.8 Å². The SMILES string of the molecule is Cc1noc(C)c1-c1cnc(NCCN2CCOCC2)c(N)c1.Cc1noc(C)c1-c1cnc2c(c1)nc(CCn1ccc3ccccc31)n2CCN1CCOCC1. The van der Waals surface area contributed by atoms with E-state index >= 15 is 0 Å². The fourth-order valence-electron chi connectivity index (χ4n) is 7.96. The minimum absolute atomic E-state index is 0.629. The minimum Gasteiger partial charge on any atom is -0.396 e. The van der Waals surface area contributed by atoms with E-state index in [1.54, 1.807) is 6.20 Å². The Morgan fingerprint density at radius 1 is 0.724 bits per heavy atom. The molecule has 6 aromatic heterocycles. The number of aryl methyl sites for hydroxylation is 6. The molecular formula is C43H53N11O4. The number of morpholine rings is 2. The number of nitrogens with two attached hydrogens (primary N) is 1. The van der Waals surface area contributed by atoms with E-state index < -0.39 is 0 Å². The van der Waals surface area contributed by atoms with Crippen molar-refractivity contribution in [1.82, 2.24) is 44.2 Å². The van der Waals surface area contributed by atoms with Crippen molar-refractivity contribution < 1.29 is 18.5 Å². The fourth-order valence-corrected chi connectivity index (χ4v) is 7.96. The number of rotatable bonds is 12. The highest BCUT2D eigenvalue weighted by molar-refractivity contribution is 5.81. The number of pyridine rings is 2. The topological polar surface area (TPSA) is 164 Å². The highest BCUT2D eigenvalue weighted by atomic mass is 16.5. The van der Waals surface area contributed by atoms with E-state index in [2.05, 4.69) is 82.1 Å². The number of nitrogens with one attached hydrogen (secondary N) is 1. The summed E-state index contributed by atoms with van der Waals surface area (Å²) in [4.78, 5) is 19.2. The number of para-hydroxylation sites is 1. The smallest absolute Gasteiger partial charge is 0.160 e. The summed E-state index contributed by atoms with van der Waals surface area (Å²) in [6, 6.07) is 14.7. The van der Waals surface area contributed by atoms with Gasteiger partial charge in [-0.25, -0.2) is 15.0 Å². The van der Waals surface area contributed by atoms with Gasteiger partial charge in [0.1, 0.15) is 28.7 Å². The van der Waals surface area contributed by atoms with Gasteiger partial charge in [0, 0.05) is 112 Å². The summed E-state index contributed by atoms with van der Waals surface area (Å²) in [5, 5.41) is 12.7. The van der Waals surface area contributed by atoms with E-state index in [1.807, 2.05) is 40.0 Å². The van der Waals surface area contributed by atoms with E-state index in [0.29, 0.717) is 11.5 Å². The first-order valence-electron chi connectivity index (χ1n) is 20.2. The zero-order valence-corrected chi connectivity index (χ0v) is 33.9. The average Bonchev–Trinajstić information content (AvgIpc) is 4.01. The molecule has 58 heavy (non-hydrogen) atoms. The number of imidazole rings is 1. The first-order valence-corrected chi connectivity index (χ1v) is 20.2. The van der Waals surface area contributed by atoms with Crippen LogP contribution >= 0.6 is 0 Å².